The number of H-pyrrole nitrogens is 1. The molecule has 0 radical (unpaired) electrons. The first-order valence-electron chi connectivity index (χ1n) is 9.13. The van der Waals surface area contributed by atoms with E-state index in [1.807, 2.05) is 11.1 Å². The number of aromatic nitrogens is 2. The van der Waals surface area contributed by atoms with Crippen LogP contribution in [-0.2, 0) is 16.1 Å². The van der Waals surface area contributed by atoms with Crippen LogP contribution in [0.3, 0.4) is 0 Å². The summed E-state index contributed by atoms with van der Waals surface area (Å²) in [5, 5.41) is 7.48. The molecule has 1 aliphatic rings. The first kappa shape index (κ1) is 18.9. The van der Waals surface area contributed by atoms with Crippen molar-refractivity contribution in [3.8, 4) is 0 Å². The largest absolute Gasteiger partial charge is 0.385 e. The van der Waals surface area contributed by atoms with Gasteiger partial charge in [-0.2, -0.15) is 5.10 Å². The molecule has 1 amide bonds. The first-order valence-corrected chi connectivity index (χ1v) is 9.13. The zero-order valence-electron chi connectivity index (χ0n) is 15.4. The predicted molar refractivity (Wildman–Crippen MR) is 94.9 cm³/mol. The van der Waals surface area contributed by atoms with E-state index < -0.39 is 0 Å². The van der Waals surface area contributed by atoms with E-state index in [-0.39, 0.29) is 5.91 Å². The Morgan fingerprint density at radius 2 is 2.29 bits per heavy atom. The molecule has 1 aromatic heterocycles. The van der Waals surface area contributed by atoms with Crippen LogP contribution in [0.25, 0.3) is 0 Å². The van der Waals surface area contributed by atoms with E-state index in [1.165, 1.54) is 24.1 Å². The molecule has 0 bridgehead atoms. The maximum absolute atomic E-state index is 12.1. The number of likely N-dealkylation sites (tertiary alicyclic amines) is 1. The average Bonchev–Trinajstić information content (AvgIpc) is 3.03. The summed E-state index contributed by atoms with van der Waals surface area (Å²) in [5.74, 6) is 0.630. The summed E-state index contributed by atoms with van der Waals surface area (Å²) in [6.45, 7) is 6.51. The monoisotopic (exact) mass is 336 g/mol. The van der Waals surface area contributed by atoms with Crippen LogP contribution >= 0.6 is 0 Å². The molecule has 6 nitrogen and oxygen atoms in total. The topological polar surface area (TPSA) is 61.5 Å². The van der Waals surface area contributed by atoms with Crippen molar-refractivity contribution in [1.82, 2.24) is 20.0 Å². The Kier molecular flexibility index (Phi) is 7.72. The van der Waals surface area contributed by atoms with E-state index in [0.29, 0.717) is 18.9 Å². The van der Waals surface area contributed by atoms with E-state index >= 15 is 0 Å². The molecule has 136 valence electrons. The van der Waals surface area contributed by atoms with Crippen LogP contribution in [0.5, 0.6) is 0 Å². The van der Waals surface area contributed by atoms with Crippen LogP contribution in [0.1, 0.15) is 56.2 Å². The number of carbonyl (C=O) groups is 1. The van der Waals surface area contributed by atoms with Crippen molar-refractivity contribution in [2.75, 3.05) is 40.4 Å². The van der Waals surface area contributed by atoms with Crippen LogP contribution in [0.15, 0.2) is 6.20 Å². The Bertz CT molecular complexity index is 503. The Balaban J connectivity index is 1.95. The van der Waals surface area contributed by atoms with Gasteiger partial charge in [-0.1, -0.05) is 13.3 Å². The highest BCUT2D eigenvalue weighted by Gasteiger charge is 2.28. The zero-order chi connectivity index (χ0) is 17.4. The van der Waals surface area contributed by atoms with E-state index in [0.717, 1.165) is 39.0 Å². The van der Waals surface area contributed by atoms with Crippen molar-refractivity contribution in [2.24, 2.45) is 0 Å². The van der Waals surface area contributed by atoms with Gasteiger partial charge in [-0.05, 0) is 32.9 Å². The van der Waals surface area contributed by atoms with Gasteiger partial charge < -0.3 is 14.5 Å². The van der Waals surface area contributed by atoms with E-state index in [1.54, 1.807) is 7.11 Å². The Labute approximate surface area is 145 Å². The standard InChI is InChI=1S/C18H32N4O2/c1-4-5-9-21(2)13-16-12-19-20-18(16)15-7-8-17(23)22(14-15)10-6-11-24-3/h12,15H,4-11,13-14H2,1-3H3,(H,19,20). The number of hydrogen-bond acceptors (Lipinski definition) is 4. The van der Waals surface area contributed by atoms with Gasteiger partial charge in [0.2, 0.25) is 5.91 Å². The maximum Gasteiger partial charge on any atom is 0.222 e. The molecule has 1 atom stereocenters. The van der Waals surface area contributed by atoms with Crippen LogP contribution in [-0.4, -0.2) is 66.3 Å². The molecule has 24 heavy (non-hydrogen) atoms. The van der Waals surface area contributed by atoms with E-state index in [9.17, 15) is 4.79 Å². The molecule has 0 aromatic carbocycles. The number of piperidine rings is 1. The number of hydrogen-bond donors (Lipinski definition) is 1. The lowest BCUT2D eigenvalue weighted by molar-refractivity contribution is -0.134. The SMILES string of the molecule is CCCCN(C)Cc1cn[nH]c1C1CCC(=O)N(CCCOC)C1. The second-order valence-electron chi connectivity index (χ2n) is 6.82. The van der Waals surface area contributed by atoms with Crippen molar-refractivity contribution in [3.63, 3.8) is 0 Å². The minimum atomic E-state index is 0.267. The maximum atomic E-state index is 12.1. The van der Waals surface area contributed by atoms with Crippen LogP contribution in [0.2, 0.25) is 0 Å². The summed E-state index contributed by atoms with van der Waals surface area (Å²) in [6.07, 6.45) is 6.81. The van der Waals surface area contributed by atoms with Crippen LogP contribution < -0.4 is 0 Å². The van der Waals surface area contributed by atoms with Crippen molar-refractivity contribution in [2.45, 2.75) is 51.5 Å². The number of ether oxygens (including phenoxy) is 1. The van der Waals surface area contributed by atoms with Gasteiger partial charge in [0.25, 0.3) is 0 Å². The van der Waals surface area contributed by atoms with Crippen molar-refractivity contribution < 1.29 is 9.53 Å². The number of nitrogens with one attached hydrogen (secondary N) is 1. The lowest BCUT2D eigenvalue weighted by Crippen LogP contribution is -2.40. The third-order valence-corrected chi connectivity index (χ3v) is 4.77. The minimum absolute atomic E-state index is 0.267. The molecule has 0 saturated carbocycles. The van der Waals surface area contributed by atoms with Gasteiger partial charge in [0, 0.05) is 56.9 Å². The number of rotatable bonds is 10. The average molecular weight is 336 g/mol. The number of nitrogens with zero attached hydrogens (tertiary/aromatic N) is 3. The summed E-state index contributed by atoms with van der Waals surface area (Å²) in [5.41, 5.74) is 2.48. The molecule has 1 unspecified atom stereocenters. The molecule has 2 rings (SSSR count). The van der Waals surface area contributed by atoms with Gasteiger partial charge in [-0.15, -0.1) is 0 Å². The molecule has 1 aromatic rings. The molecular formula is C18H32N4O2. The van der Waals surface area contributed by atoms with Crippen LogP contribution in [0.4, 0.5) is 0 Å². The van der Waals surface area contributed by atoms with E-state index in [2.05, 4.69) is 29.1 Å². The molecule has 1 saturated heterocycles. The Morgan fingerprint density at radius 1 is 1.46 bits per heavy atom. The minimum Gasteiger partial charge on any atom is -0.385 e. The van der Waals surface area contributed by atoms with Gasteiger partial charge in [-0.25, -0.2) is 0 Å². The van der Waals surface area contributed by atoms with Gasteiger partial charge >= 0.3 is 0 Å². The van der Waals surface area contributed by atoms with Gasteiger partial charge in [-0.3, -0.25) is 9.89 Å². The molecular weight excluding hydrogens is 304 g/mol. The van der Waals surface area contributed by atoms with Crippen molar-refractivity contribution >= 4 is 5.91 Å². The van der Waals surface area contributed by atoms with E-state index in [4.69, 9.17) is 4.74 Å². The summed E-state index contributed by atoms with van der Waals surface area (Å²) in [6, 6.07) is 0. The fourth-order valence-corrected chi connectivity index (χ4v) is 3.36. The second-order valence-corrected chi connectivity index (χ2v) is 6.82. The van der Waals surface area contributed by atoms with Crippen molar-refractivity contribution in [1.29, 1.82) is 0 Å². The predicted octanol–water partition coefficient (Wildman–Crippen LogP) is 2.38. The highest BCUT2D eigenvalue weighted by molar-refractivity contribution is 5.77. The fraction of sp³-hybridized carbons (Fsp3) is 0.778. The van der Waals surface area contributed by atoms with Gasteiger partial charge in [0.1, 0.15) is 0 Å². The summed E-state index contributed by atoms with van der Waals surface area (Å²) in [7, 11) is 3.86. The smallest absolute Gasteiger partial charge is 0.222 e. The normalized spacial score (nSPS) is 18.6. The molecule has 0 aliphatic carbocycles. The third-order valence-electron chi connectivity index (χ3n) is 4.77. The first-order chi connectivity index (χ1) is 11.7. The lowest BCUT2D eigenvalue weighted by Gasteiger charge is -2.33. The molecule has 1 N–H and O–H groups in total. The summed E-state index contributed by atoms with van der Waals surface area (Å²) < 4.78 is 5.10. The van der Waals surface area contributed by atoms with Crippen LogP contribution in [0, 0.1) is 0 Å². The molecule has 1 aliphatic heterocycles. The molecule has 2 heterocycles. The van der Waals surface area contributed by atoms with Gasteiger partial charge in [0.05, 0.1) is 6.20 Å². The Hall–Kier alpha value is -1.40. The van der Waals surface area contributed by atoms with Crippen molar-refractivity contribution in [3.05, 3.63) is 17.5 Å². The number of methoxy groups -OCH3 is 1. The third kappa shape index (κ3) is 5.31. The summed E-state index contributed by atoms with van der Waals surface area (Å²) >= 11 is 0. The molecule has 1 fully saturated rings. The number of unbranched alkanes of at least 4 members (excludes halogenated alkanes) is 1. The fourth-order valence-electron chi connectivity index (χ4n) is 3.36. The molecule has 0 spiro atoms. The second kappa shape index (κ2) is 9.79. The molecule has 6 heteroatoms. The zero-order valence-corrected chi connectivity index (χ0v) is 15.4. The quantitative estimate of drug-likeness (QED) is 0.667. The number of amides is 1. The Morgan fingerprint density at radius 3 is 3.04 bits per heavy atom. The lowest BCUT2D eigenvalue weighted by atomic mass is 9.92. The summed E-state index contributed by atoms with van der Waals surface area (Å²) in [4.78, 5) is 16.5. The van der Waals surface area contributed by atoms with Gasteiger partial charge in [0.15, 0.2) is 0 Å². The highest BCUT2D eigenvalue weighted by Crippen LogP contribution is 2.29. The highest BCUT2D eigenvalue weighted by atomic mass is 16.5. The number of carbonyl (C=O) groups excluding carboxylic acids is 1. The number of aromatic amines is 1.